The van der Waals surface area contributed by atoms with E-state index in [1.165, 1.54) is 6.20 Å². The van der Waals surface area contributed by atoms with Crippen LogP contribution >= 0.6 is 0 Å². The number of nitrogens with zero attached hydrogens (tertiary/aromatic N) is 2. The maximum absolute atomic E-state index is 10.9. The van der Waals surface area contributed by atoms with Crippen LogP contribution < -0.4 is 5.32 Å². The van der Waals surface area contributed by atoms with Gasteiger partial charge in [-0.25, -0.2) is 9.78 Å². The minimum atomic E-state index is -1.07. The molecule has 0 unspecified atom stereocenters. The predicted molar refractivity (Wildman–Crippen MR) is 59.8 cm³/mol. The molecule has 0 bridgehead atoms. The molecule has 0 fully saturated rings. The Bertz CT molecular complexity index is 536. The van der Waals surface area contributed by atoms with Crippen molar-refractivity contribution in [2.24, 2.45) is 0 Å². The van der Waals surface area contributed by atoms with Crippen LogP contribution in [-0.4, -0.2) is 21.2 Å². The molecule has 0 aliphatic heterocycles. The molecule has 6 heteroatoms. The summed E-state index contributed by atoms with van der Waals surface area (Å²) in [7, 11) is 0. The normalized spacial score (nSPS) is 10.2. The molecule has 0 spiro atoms. The maximum atomic E-state index is 10.9. The van der Waals surface area contributed by atoms with Crippen molar-refractivity contribution in [3.8, 4) is 0 Å². The molecule has 2 aromatic heterocycles. The summed E-state index contributed by atoms with van der Waals surface area (Å²) < 4.78 is 5.01. The summed E-state index contributed by atoms with van der Waals surface area (Å²) in [5, 5.41) is 15.6. The fourth-order valence-corrected chi connectivity index (χ4v) is 1.40. The Hall–Kier alpha value is -2.37. The average molecular weight is 233 g/mol. The highest BCUT2D eigenvalue weighted by atomic mass is 16.5. The van der Waals surface area contributed by atoms with E-state index in [9.17, 15) is 4.79 Å². The molecule has 0 radical (unpaired) electrons. The molecule has 2 aromatic rings. The van der Waals surface area contributed by atoms with Crippen molar-refractivity contribution in [3.63, 3.8) is 0 Å². The number of aryl methyl sites for hydroxylation is 1. The van der Waals surface area contributed by atoms with Crippen molar-refractivity contribution >= 4 is 11.7 Å². The first-order chi connectivity index (χ1) is 8.16. The second-order valence-corrected chi connectivity index (χ2v) is 3.49. The Balaban J connectivity index is 2.11. The molecule has 0 aliphatic carbocycles. The molecule has 0 saturated heterocycles. The fraction of sp³-hybridized carbons (Fsp3) is 0.182. The largest absolute Gasteiger partial charge is 0.476 e. The molecule has 0 atom stereocenters. The second kappa shape index (κ2) is 4.65. The highest BCUT2D eigenvalue weighted by Gasteiger charge is 2.11. The van der Waals surface area contributed by atoms with Gasteiger partial charge in [0.1, 0.15) is 0 Å². The number of pyridine rings is 1. The lowest BCUT2D eigenvalue weighted by molar-refractivity contribution is 0.0691. The van der Waals surface area contributed by atoms with E-state index in [4.69, 9.17) is 9.63 Å². The van der Waals surface area contributed by atoms with Gasteiger partial charge in [0.05, 0.1) is 17.9 Å². The van der Waals surface area contributed by atoms with E-state index in [1.54, 1.807) is 18.2 Å². The number of carboxylic acids is 1. The molecule has 0 aliphatic rings. The summed E-state index contributed by atoms with van der Waals surface area (Å²) in [5.74, 6) is -0.426. The number of carboxylic acid groups (broad SMARTS) is 1. The predicted octanol–water partition coefficient (Wildman–Crippen LogP) is 1.69. The highest BCUT2D eigenvalue weighted by Crippen LogP contribution is 2.13. The van der Waals surface area contributed by atoms with E-state index < -0.39 is 5.97 Å². The maximum Gasteiger partial charge on any atom is 0.356 e. The summed E-state index contributed by atoms with van der Waals surface area (Å²) in [6, 6.07) is 5.10. The van der Waals surface area contributed by atoms with Crippen LogP contribution in [0.3, 0.4) is 0 Å². The lowest BCUT2D eigenvalue weighted by Crippen LogP contribution is -2.07. The minimum absolute atomic E-state index is 0.0104. The van der Waals surface area contributed by atoms with E-state index in [-0.39, 0.29) is 5.69 Å². The molecule has 0 saturated carbocycles. The molecule has 2 heterocycles. The van der Waals surface area contributed by atoms with Gasteiger partial charge in [0.2, 0.25) is 0 Å². The van der Waals surface area contributed by atoms with Crippen molar-refractivity contribution in [1.82, 2.24) is 10.1 Å². The van der Waals surface area contributed by atoms with Crippen molar-refractivity contribution in [2.45, 2.75) is 13.5 Å². The van der Waals surface area contributed by atoms with Gasteiger partial charge in [0.15, 0.2) is 11.5 Å². The van der Waals surface area contributed by atoms with Crippen LogP contribution in [0.25, 0.3) is 0 Å². The second-order valence-electron chi connectivity index (χ2n) is 3.49. The van der Waals surface area contributed by atoms with E-state index in [0.29, 0.717) is 18.0 Å². The Morgan fingerprint density at radius 3 is 3.06 bits per heavy atom. The van der Waals surface area contributed by atoms with Crippen LogP contribution in [0, 0.1) is 6.92 Å². The van der Waals surface area contributed by atoms with Crippen LogP contribution in [0.1, 0.15) is 21.9 Å². The smallest absolute Gasteiger partial charge is 0.356 e. The van der Waals surface area contributed by atoms with Crippen LogP contribution in [0.2, 0.25) is 0 Å². The summed E-state index contributed by atoms with van der Waals surface area (Å²) >= 11 is 0. The first-order valence-electron chi connectivity index (χ1n) is 5.01. The van der Waals surface area contributed by atoms with E-state index >= 15 is 0 Å². The zero-order chi connectivity index (χ0) is 12.3. The van der Waals surface area contributed by atoms with Crippen LogP contribution in [0.4, 0.5) is 5.69 Å². The number of carbonyl (C=O) groups is 1. The monoisotopic (exact) mass is 233 g/mol. The summed E-state index contributed by atoms with van der Waals surface area (Å²) in [4.78, 5) is 14.7. The molecule has 0 aromatic carbocycles. The van der Waals surface area contributed by atoms with E-state index in [1.807, 2.05) is 6.92 Å². The molecule has 2 N–H and O–H groups in total. The van der Waals surface area contributed by atoms with Gasteiger partial charge in [-0.2, -0.15) is 0 Å². The zero-order valence-electron chi connectivity index (χ0n) is 9.17. The Morgan fingerprint density at radius 2 is 2.41 bits per heavy atom. The van der Waals surface area contributed by atoms with Gasteiger partial charge < -0.3 is 14.9 Å². The van der Waals surface area contributed by atoms with Gasteiger partial charge in [0, 0.05) is 12.3 Å². The summed E-state index contributed by atoms with van der Waals surface area (Å²) in [6.07, 6.45) is 1.44. The zero-order valence-corrected chi connectivity index (χ0v) is 9.17. The Morgan fingerprint density at radius 1 is 1.59 bits per heavy atom. The third kappa shape index (κ3) is 2.60. The summed E-state index contributed by atoms with van der Waals surface area (Å²) in [6.45, 7) is 2.19. The molecule has 88 valence electrons. The number of aromatic carboxylic acids is 1. The quantitative estimate of drug-likeness (QED) is 0.835. The summed E-state index contributed by atoms with van der Waals surface area (Å²) in [5.41, 5.74) is 1.23. The van der Waals surface area contributed by atoms with E-state index in [2.05, 4.69) is 15.5 Å². The first-order valence-corrected chi connectivity index (χ1v) is 5.01. The number of anilines is 1. The molecular formula is C11H11N3O3. The van der Waals surface area contributed by atoms with Gasteiger partial charge >= 0.3 is 5.97 Å². The fourth-order valence-electron chi connectivity index (χ4n) is 1.40. The van der Waals surface area contributed by atoms with Crippen LogP contribution in [0.5, 0.6) is 0 Å². The third-order valence-corrected chi connectivity index (χ3v) is 2.14. The number of nitrogens with one attached hydrogen (secondary N) is 1. The lowest BCUT2D eigenvalue weighted by atomic mass is 10.3. The van der Waals surface area contributed by atoms with Crippen LogP contribution in [-0.2, 0) is 6.54 Å². The van der Waals surface area contributed by atoms with E-state index in [0.717, 1.165) is 5.69 Å². The Kier molecular flexibility index (Phi) is 3.04. The minimum Gasteiger partial charge on any atom is -0.476 e. The average Bonchev–Trinajstić information content (AvgIpc) is 2.73. The molecule has 0 amide bonds. The van der Waals surface area contributed by atoms with Gasteiger partial charge in [-0.15, -0.1) is 0 Å². The SMILES string of the molecule is Cc1cc(CNc2cccnc2C(=O)O)on1. The first kappa shape index (κ1) is 11.1. The Labute approximate surface area is 97.3 Å². The van der Waals surface area contributed by atoms with Crippen molar-refractivity contribution in [3.05, 3.63) is 41.5 Å². The lowest BCUT2D eigenvalue weighted by Gasteiger charge is -2.05. The van der Waals surface area contributed by atoms with Crippen molar-refractivity contribution in [2.75, 3.05) is 5.32 Å². The number of aromatic nitrogens is 2. The van der Waals surface area contributed by atoms with Crippen molar-refractivity contribution < 1.29 is 14.4 Å². The number of hydrogen-bond acceptors (Lipinski definition) is 5. The van der Waals surface area contributed by atoms with Gasteiger partial charge in [-0.1, -0.05) is 5.16 Å². The number of rotatable bonds is 4. The molecular weight excluding hydrogens is 222 g/mol. The molecule has 17 heavy (non-hydrogen) atoms. The molecule has 6 nitrogen and oxygen atoms in total. The molecule has 2 rings (SSSR count). The number of hydrogen-bond donors (Lipinski definition) is 2. The van der Waals surface area contributed by atoms with Crippen LogP contribution in [0.15, 0.2) is 28.9 Å². The van der Waals surface area contributed by atoms with Gasteiger partial charge in [0.25, 0.3) is 0 Å². The van der Waals surface area contributed by atoms with Gasteiger partial charge in [-0.3, -0.25) is 0 Å². The standard InChI is InChI=1S/C11H11N3O3/c1-7-5-8(17-14-7)6-13-9-3-2-4-12-10(9)11(15)16/h2-5,13H,6H2,1H3,(H,15,16). The van der Waals surface area contributed by atoms with Crippen molar-refractivity contribution in [1.29, 1.82) is 0 Å². The third-order valence-electron chi connectivity index (χ3n) is 2.14. The topological polar surface area (TPSA) is 88.2 Å². The van der Waals surface area contributed by atoms with Gasteiger partial charge in [-0.05, 0) is 19.1 Å². The highest BCUT2D eigenvalue weighted by molar-refractivity contribution is 5.91.